The molecule has 0 spiro atoms. The first kappa shape index (κ1) is 21.6. The maximum Gasteiger partial charge on any atom is 0.375 e. The van der Waals surface area contributed by atoms with Gasteiger partial charge in [0.25, 0.3) is 5.82 Å². The number of carbonyl (C=O) groups excluding carboxylic acids is 1. The molecule has 2 heterocycles. The minimum Gasteiger partial charge on any atom is -0.475 e. The number of carbonyl (C=O) groups is 2. The highest BCUT2D eigenvalue weighted by Gasteiger charge is 2.08. The molecule has 4 aromatic rings. The molecule has 9 heteroatoms. The summed E-state index contributed by atoms with van der Waals surface area (Å²) in [6, 6.07) is 16.0. The molecule has 158 valence electrons. The molecule has 0 fully saturated rings. The molecule has 0 aliphatic carbocycles. The summed E-state index contributed by atoms with van der Waals surface area (Å²) >= 11 is 0. The minimum atomic E-state index is -1.11. The van der Waals surface area contributed by atoms with Gasteiger partial charge in [0.05, 0.1) is 13.1 Å². The van der Waals surface area contributed by atoms with Crippen molar-refractivity contribution in [1.29, 1.82) is 0 Å². The Hall–Kier alpha value is -4.14. The molecule has 0 aliphatic rings. The smallest absolute Gasteiger partial charge is 0.375 e. The maximum absolute atomic E-state index is 10.6. The second-order valence-electron chi connectivity index (χ2n) is 6.90. The van der Waals surface area contributed by atoms with E-state index < -0.39 is 5.97 Å². The number of aromatic carboxylic acids is 1. The van der Waals surface area contributed by atoms with Crippen molar-refractivity contribution in [3.63, 3.8) is 0 Å². The van der Waals surface area contributed by atoms with E-state index in [9.17, 15) is 9.59 Å². The van der Waals surface area contributed by atoms with E-state index in [0.717, 1.165) is 11.1 Å². The Bertz CT molecular complexity index is 1180. The number of carboxylic acid groups (broad SMARTS) is 1. The maximum atomic E-state index is 10.6. The van der Waals surface area contributed by atoms with E-state index in [1.165, 1.54) is 22.1 Å². The predicted molar refractivity (Wildman–Crippen MR) is 113 cm³/mol. The van der Waals surface area contributed by atoms with Gasteiger partial charge in [-0.15, -0.1) is 10.2 Å². The molecule has 4 rings (SSSR count). The van der Waals surface area contributed by atoms with Gasteiger partial charge in [-0.2, -0.15) is 0 Å². The van der Waals surface area contributed by atoms with Crippen molar-refractivity contribution < 1.29 is 14.7 Å². The van der Waals surface area contributed by atoms with Crippen LogP contribution in [0.15, 0.2) is 61.2 Å². The van der Waals surface area contributed by atoms with Crippen LogP contribution in [0.3, 0.4) is 0 Å². The summed E-state index contributed by atoms with van der Waals surface area (Å²) in [6.45, 7) is 5.23. The number of hydrogen-bond acceptors (Lipinski definition) is 6. The van der Waals surface area contributed by atoms with Gasteiger partial charge >= 0.3 is 5.97 Å². The lowest BCUT2D eigenvalue weighted by Crippen LogP contribution is -2.04. The third-order valence-corrected chi connectivity index (χ3v) is 4.41. The molecule has 0 atom stereocenters. The zero-order chi connectivity index (χ0) is 22.2. The summed E-state index contributed by atoms with van der Waals surface area (Å²) in [7, 11) is 0. The van der Waals surface area contributed by atoms with Gasteiger partial charge in [-0.1, -0.05) is 54.1 Å². The van der Waals surface area contributed by atoms with E-state index in [0.29, 0.717) is 19.4 Å². The highest BCUT2D eigenvalue weighted by atomic mass is 16.4. The first-order valence-electron chi connectivity index (χ1n) is 9.52. The highest BCUT2D eigenvalue weighted by molar-refractivity contribution is 5.82. The minimum absolute atomic E-state index is 0.173. The number of rotatable bonds is 6. The van der Waals surface area contributed by atoms with Crippen LogP contribution in [0.1, 0.15) is 43.5 Å². The van der Waals surface area contributed by atoms with Gasteiger partial charge in [0.15, 0.2) is 6.29 Å². The largest absolute Gasteiger partial charge is 0.475 e. The Balaban J connectivity index is 0.000000176. The summed E-state index contributed by atoms with van der Waals surface area (Å²) < 4.78 is 3.17. The van der Waals surface area contributed by atoms with Crippen LogP contribution in [0.25, 0.3) is 0 Å². The Morgan fingerprint density at radius 1 is 0.968 bits per heavy atom. The number of aromatic nitrogens is 6. The molecule has 1 N–H and O–H groups in total. The second kappa shape index (κ2) is 10.1. The third kappa shape index (κ3) is 6.17. The molecule has 31 heavy (non-hydrogen) atoms. The molecular formula is C22H22N6O3. The molecule has 9 nitrogen and oxygen atoms in total. The quantitative estimate of drug-likeness (QED) is 0.479. The first-order valence-corrected chi connectivity index (χ1v) is 9.52. The van der Waals surface area contributed by atoms with Crippen molar-refractivity contribution in [2.75, 3.05) is 0 Å². The van der Waals surface area contributed by atoms with E-state index >= 15 is 0 Å². The van der Waals surface area contributed by atoms with E-state index in [1.807, 2.05) is 62.4 Å². The SMILES string of the molecule is Cc1cccc(Cn2cnc(C(=O)O)n2)c1.Cc1ccccc1Cn1cnc(C=O)n1. The molecule has 0 saturated carbocycles. The number of hydrogen-bond donors (Lipinski definition) is 1. The van der Waals surface area contributed by atoms with Gasteiger partial charge in [-0.05, 0) is 30.5 Å². The van der Waals surface area contributed by atoms with Crippen molar-refractivity contribution in [2.24, 2.45) is 0 Å². The van der Waals surface area contributed by atoms with Crippen molar-refractivity contribution in [3.05, 3.63) is 95.1 Å². The van der Waals surface area contributed by atoms with Crippen LogP contribution >= 0.6 is 0 Å². The fraction of sp³-hybridized carbons (Fsp3) is 0.182. The summed E-state index contributed by atoms with van der Waals surface area (Å²) in [4.78, 5) is 28.5. The van der Waals surface area contributed by atoms with Crippen LogP contribution in [0, 0.1) is 13.8 Å². The molecule has 0 amide bonds. The second-order valence-corrected chi connectivity index (χ2v) is 6.90. The number of aldehydes is 1. The molecule has 0 bridgehead atoms. The molecule has 0 aliphatic heterocycles. The van der Waals surface area contributed by atoms with Gasteiger partial charge < -0.3 is 5.11 Å². The van der Waals surface area contributed by atoms with Crippen LogP contribution in [-0.4, -0.2) is 46.9 Å². The first-order chi connectivity index (χ1) is 14.9. The van der Waals surface area contributed by atoms with Crippen LogP contribution < -0.4 is 0 Å². The number of aryl methyl sites for hydroxylation is 2. The van der Waals surface area contributed by atoms with Gasteiger partial charge in [0.1, 0.15) is 12.7 Å². The summed E-state index contributed by atoms with van der Waals surface area (Å²) in [6.07, 6.45) is 3.64. The normalized spacial score (nSPS) is 10.3. The van der Waals surface area contributed by atoms with Gasteiger partial charge in [-0.3, -0.25) is 4.79 Å². The van der Waals surface area contributed by atoms with Crippen LogP contribution in [0.5, 0.6) is 0 Å². The molecule has 0 radical (unpaired) electrons. The van der Waals surface area contributed by atoms with Crippen LogP contribution in [-0.2, 0) is 13.1 Å². The van der Waals surface area contributed by atoms with Crippen molar-refractivity contribution in [2.45, 2.75) is 26.9 Å². The topological polar surface area (TPSA) is 116 Å². The third-order valence-electron chi connectivity index (χ3n) is 4.41. The standard InChI is InChI=1S/C11H11N3O2.C11H11N3O/c1-8-3-2-4-9(5-8)6-14-7-12-10(13-14)11(15)16;1-9-4-2-3-5-10(9)6-14-8-12-11(7-15)13-14/h2-5,7H,6H2,1H3,(H,15,16);2-5,7-8H,6H2,1H3. The van der Waals surface area contributed by atoms with Gasteiger partial charge in [-0.25, -0.2) is 24.1 Å². The predicted octanol–water partition coefficient (Wildman–Crippen LogP) is 2.78. The molecule has 2 aromatic carbocycles. The zero-order valence-electron chi connectivity index (χ0n) is 17.2. The molecular weight excluding hydrogens is 396 g/mol. The van der Waals surface area contributed by atoms with Crippen LogP contribution in [0.4, 0.5) is 0 Å². The molecule has 2 aromatic heterocycles. The lowest BCUT2D eigenvalue weighted by atomic mass is 10.1. The Morgan fingerprint density at radius 3 is 2.35 bits per heavy atom. The zero-order valence-corrected chi connectivity index (χ0v) is 17.2. The fourth-order valence-corrected chi connectivity index (χ4v) is 2.87. The molecule has 0 saturated heterocycles. The van der Waals surface area contributed by atoms with E-state index in [4.69, 9.17) is 5.11 Å². The van der Waals surface area contributed by atoms with Crippen molar-refractivity contribution >= 4 is 12.3 Å². The number of carboxylic acids is 1. The van der Waals surface area contributed by atoms with Crippen molar-refractivity contribution in [3.8, 4) is 0 Å². The van der Waals surface area contributed by atoms with Gasteiger partial charge in [0.2, 0.25) is 5.82 Å². The molecule has 0 unspecified atom stereocenters. The van der Waals surface area contributed by atoms with Gasteiger partial charge in [0, 0.05) is 0 Å². The Morgan fingerprint density at radius 2 is 1.71 bits per heavy atom. The van der Waals surface area contributed by atoms with E-state index in [-0.39, 0.29) is 11.6 Å². The van der Waals surface area contributed by atoms with Crippen molar-refractivity contribution in [1.82, 2.24) is 29.5 Å². The number of nitrogens with zero attached hydrogens (tertiary/aromatic N) is 6. The average Bonchev–Trinajstić information content (AvgIpc) is 3.40. The number of benzene rings is 2. The van der Waals surface area contributed by atoms with E-state index in [1.54, 1.807) is 11.0 Å². The van der Waals surface area contributed by atoms with Crippen LogP contribution in [0.2, 0.25) is 0 Å². The summed E-state index contributed by atoms with van der Waals surface area (Å²) in [5.41, 5.74) is 4.62. The average molecular weight is 418 g/mol. The summed E-state index contributed by atoms with van der Waals surface area (Å²) in [5, 5.41) is 16.5. The summed E-state index contributed by atoms with van der Waals surface area (Å²) in [5.74, 6) is -1.06. The Labute approximate surface area is 179 Å². The van der Waals surface area contributed by atoms with E-state index in [2.05, 4.69) is 20.2 Å². The fourth-order valence-electron chi connectivity index (χ4n) is 2.87. The lowest BCUT2D eigenvalue weighted by Gasteiger charge is -2.04. The lowest BCUT2D eigenvalue weighted by molar-refractivity contribution is 0.0683. The monoisotopic (exact) mass is 418 g/mol. The Kier molecular flexibility index (Phi) is 7.00. The highest BCUT2D eigenvalue weighted by Crippen LogP contribution is 2.08.